The van der Waals surface area contributed by atoms with E-state index < -0.39 is 0 Å². The van der Waals surface area contributed by atoms with Gasteiger partial charge in [-0.15, -0.1) is 0 Å². The van der Waals surface area contributed by atoms with Crippen molar-refractivity contribution < 1.29 is 4.74 Å². The highest BCUT2D eigenvalue weighted by molar-refractivity contribution is 5.63. The van der Waals surface area contributed by atoms with E-state index in [4.69, 9.17) is 4.74 Å². The molecule has 0 unspecified atom stereocenters. The van der Waals surface area contributed by atoms with Crippen LogP contribution in [0.2, 0.25) is 0 Å². The molecule has 28 heavy (non-hydrogen) atoms. The summed E-state index contributed by atoms with van der Waals surface area (Å²) in [5.74, 6) is 2.31. The molecule has 0 saturated carbocycles. The van der Waals surface area contributed by atoms with Crippen molar-refractivity contribution in [2.75, 3.05) is 42.8 Å². The third-order valence-electron chi connectivity index (χ3n) is 4.87. The maximum atomic E-state index is 5.70. The first kappa shape index (κ1) is 18.1. The van der Waals surface area contributed by atoms with Gasteiger partial charge in [0.15, 0.2) is 0 Å². The molecule has 4 heterocycles. The Kier molecular flexibility index (Phi) is 5.29. The lowest BCUT2D eigenvalue weighted by molar-refractivity contribution is 0.113. The number of ether oxygens (including phenoxy) is 1. The minimum Gasteiger partial charge on any atom is -0.377 e. The molecule has 8 heteroatoms. The summed E-state index contributed by atoms with van der Waals surface area (Å²) in [7, 11) is 3.55. The maximum Gasteiger partial charge on any atom is 0.224 e. The van der Waals surface area contributed by atoms with Crippen LogP contribution in [0, 0.1) is 0 Å². The molecule has 0 aromatic carbocycles. The van der Waals surface area contributed by atoms with E-state index in [0.29, 0.717) is 5.95 Å². The van der Waals surface area contributed by atoms with Gasteiger partial charge in [-0.25, -0.2) is 9.97 Å². The van der Waals surface area contributed by atoms with Crippen molar-refractivity contribution in [1.29, 1.82) is 0 Å². The summed E-state index contributed by atoms with van der Waals surface area (Å²) in [6.45, 7) is 1.52. The van der Waals surface area contributed by atoms with E-state index in [9.17, 15) is 0 Å². The molecule has 8 nitrogen and oxygen atoms in total. The van der Waals surface area contributed by atoms with Gasteiger partial charge in [0.25, 0.3) is 0 Å². The van der Waals surface area contributed by atoms with E-state index in [2.05, 4.69) is 41.5 Å². The molecule has 2 N–H and O–H groups in total. The molecule has 2 atom stereocenters. The third-order valence-corrected chi connectivity index (χ3v) is 4.87. The van der Waals surface area contributed by atoms with Crippen LogP contribution < -0.4 is 15.5 Å². The summed E-state index contributed by atoms with van der Waals surface area (Å²) in [4.78, 5) is 19.5. The summed E-state index contributed by atoms with van der Waals surface area (Å²) in [5, 5.41) is 6.48. The number of nitrogens with zero attached hydrogens (tertiary/aromatic N) is 5. The first-order valence-electron chi connectivity index (χ1n) is 9.18. The highest BCUT2D eigenvalue weighted by Gasteiger charge is 2.34. The van der Waals surface area contributed by atoms with Gasteiger partial charge in [-0.05, 0) is 35.9 Å². The van der Waals surface area contributed by atoms with Crippen molar-refractivity contribution in [2.24, 2.45) is 0 Å². The highest BCUT2D eigenvalue weighted by atomic mass is 16.5. The molecule has 0 amide bonds. The van der Waals surface area contributed by atoms with Crippen molar-refractivity contribution in [3.05, 3.63) is 55.1 Å². The van der Waals surface area contributed by atoms with E-state index in [1.807, 2.05) is 37.5 Å². The van der Waals surface area contributed by atoms with Gasteiger partial charge in [-0.1, -0.05) is 0 Å². The molecule has 4 rings (SSSR count). The van der Waals surface area contributed by atoms with Gasteiger partial charge in [0, 0.05) is 57.6 Å². The minimum atomic E-state index is 0.0367. The van der Waals surface area contributed by atoms with Crippen molar-refractivity contribution in [3.8, 4) is 11.1 Å². The van der Waals surface area contributed by atoms with Crippen LogP contribution in [0.1, 0.15) is 0 Å². The number of anilines is 3. The molecule has 3 aromatic heterocycles. The molecule has 3 aromatic rings. The lowest BCUT2D eigenvalue weighted by Gasteiger charge is -2.19. The molecule has 1 aliphatic heterocycles. The van der Waals surface area contributed by atoms with Crippen LogP contribution >= 0.6 is 0 Å². The van der Waals surface area contributed by atoms with E-state index in [1.165, 1.54) is 0 Å². The fraction of sp³-hybridized carbons (Fsp3) is 0.300. The molecule has 1 aliphatic rings. The summed E-state index contributed by atoms with van der Waals surface area (Å²) in [5.41, 5.74) is 2.16. The minimum absolute atomic E-state index is 0.0367. The van der Waals surface area contributed by atoms with Crippen molar-refractivity contribution >= 4 is 17.6 Å². The molecular formula is C20H23N7O. The van der Waals surface area contributed by atoms with E-state index in [0.717, 1.165) is 35.9 Å². The second-order valence-corrected chi connectivity index (χ2v) is 6.59. The normalized spacial score (nSPS) is 18.9. The van der Waals surface area contributed by atoms with Crippen LogP contribution in [-0.2, 0) is 4.74 Å². The third kappa shape index (κ3) is 3.86. The Labute approximate surface area is 164 Å². The Morgan fingerprint density at radius 1 is 1.00 bits per heavy atom. The van der Waals surface area contributed by atoms with E-state index >= 15 is 0 Å². The number of rotatable bonds is 6. The fourth-order valence-electron chi connectivity index (χ4n) is 3.37. The van der Waals surface area contributed by atoms with E-state index in [1.54, 1.807) is 25.7 Å². The topological polar surface area (TPSA) is 88.1 Å². The molecule has 0 bridgehead atoms. The first-order chi connectivity index (χ1) is 13.8. The molecule has 0 spiro atoms. The summed E-state index contributed by atoms with van der Waals surface area (Å²) in [6, 6.07) is 10.0. The Morgan fingerprint density at radius 2 is 1.86 bits per heavy atom. The lowest BCUT2D eigenvalue weighted by atomic mass is 10.1. The smallest absolute Gasteiger partial charge is 0.224 e. The average molecular weight is 377 g/mol. The van der Waals surface area contributed by atoms with Crippen LogP contribution in [0.3, 0.4) is 0 Å². The van der Waals surface area contributed by atoms with Crippen molar-refractivity contribution in [3.63, 3.8) is 0 Å². The Bertz CT molecular complexity index is 904. The van der Waals surface area contributed by atoms with Gasteiger partial charge < -0.3 is 20.3 Å². The number of aromatic nitrogens is 4. The standard InChI is InChI=1S/C20H23N7O/c1-21-20-23-10-7-19(26-20)27-12-16(17(13-27)28-2)25-18-4-3-15(11-24-18)14-5-8-22-9-6-14/h3-11,16-17H,12-13H2,1-2H3,(H,24,25)(H,21,23,26)/t16-,17+/m1/s1. The van der Waals surface area contributed by atoms with Crippen LogP contribution in [-0.4, -0.2) is 59.3 Å². The van der Waals surface area contributed by atoms with Crippen LogP contribution in [0.25, 0.3) is 11.1 Å². The van der Waals surface area contributed by atoms with Crippen LogP contribution in [0.15, 0.2) is 55.1 Å². The molecule has 144 valence electrons. The van der Waals surface area contributed by atoms with Crippen molar-refractivity contribution in [2.45, 2.75) is 12.1 Å². The number of nitrogens with one attached hydrogen (secondary N) is 2. The maximum absolute atomic E-state index is 5.70. The Balaban J connectivity index is 1.46. The average Bonchev–Trinajstić information content (AvgIpc) is 3.18. The van der Waals surface area contributed by atoms with Gasteiger partial charge in [0.2, 0.25) is 5.95 Å². The predicted octanol–water partition coefficient (Wildman–Crippen LogP) is 2.29. The summed E-state index contributed by atoms with van der Waals surface area (Å²) in [6.07, 6.45) is 7.23. The molecule has 0 aliphatic carbocycles. The van der Waals surface area contributed by atoms with Gasteiger partial charge >= 0.3 is 0 Å². The number of hydrogen-bond acceptors (Lipinski definition) is 8. The molecule has 0 radical (unpaired) electrons. The zero-order valence-corrected chi connectivity index (χ0v) is 15.9. The first-order valence-corrected chi connectivity index (χ1v) is 9.18. The van der Waals surface area contributed by atoms with Gasteiger partial charge in [0.05, 0.1) is 12.1 Å². The Hall–Kier alpha value is -3.26. The highest BCUT2D eigenvalue weighted by Crippen LogP contribution is 2.24. The number of pyridine rings is 2. The van der Waals surface area contributed by atoms with Crippen LogP contribution in [0.4, 0.5) is 17.6 Å². The molecule has 1 saturated heterocycles. The Morgan fingerprint density at radius 3 is 2.57 bits per heavy atom. The zero-order valence-electron chi connectivity index (χ0n) is 15.9. The van der Waals surface area contributed by atoms with Gasteiger partial charge in [-0.2, -0.15) is 4.98 Å². The zero-order chi connectivity index (χ0) is 19.3. The summed E-state index contributed by atoms with van der Waals surface area (Å²) < 4.78 is 5.70. The number of hydrogen-bond donors (Lipinski definition) is 2. The quantitative estimate of drug-likeness (QED) is 0.677. The molecule has 1 fully saturated rings. The summed E-state index contributed by atoms with van der Waals surface area (Å²) >= 11 is 0. The van der Waals surface area contributed by atoms with Crippen LogP contribution in [0.5, 0.6) is 0 Å². The second-order valence-electron chi connectivity index (χ2n) is 6.59. The van der Waals surface area contributed by atoms with Crippen molar-refractivity contribution in [1.82, 2.24) is 19.9 Å². The fourth-order valence-corrected chi connectivity index (χ4v) is 3.37. The lowest BCUT2D eigenvalue weighted by Crippen LogP contribution is -2.33. The second kappa shape index (κ2) is 8.18. The predicted molar refractivity (Wildman–Crippen MR) is 109 cm³/mol. The molecular weight excluding hydrogens is 354 g/mol. The monoisotopic (exact) mass is 377 g/mol. The largest absolute Gasteiger partial charge is 0.377 e. The number of methoxy groups -OCH3 is 1. The van der Waals surface area contributed by atoms with Gasteiger partial charge in [0.1, 0.15) is 11.6 Å². The van der Waals surface area contributed by atoms with Gasteiger partial charge in [-0.3, -0.25) is 4.98 Å². The van der Waals surface area contributed by atoms with E-state index in [-0.39, 0.29) is 12.1 Å². The SMILES string of the molecule is CNc1nccc(N2C[C@H](OC)[C@H](Nc3ccc(-c4ccncc4)cn3)C2)n1.